The fourth-order valence-electron chi connectivity index (χ4n) is 8.77. The number of fused-ring (bicyclic) bond motifs is 2. The molecule has 9 rings (SSSR count). The van der Waals surface area contributed by atoms with Crippen LogP contribution in [0, 0.1) is 5.92 Å². The number of amides is 3. The molecule has 3 fully saturated rings. The monoisotopic (exact) mass is 781 g/mol. The van der Waals surface area contributed by atoms with Gasteiger partial charge in [0.25, 0.3) is 6.43 Å². The third-order valence-corrected chi connectivity index (χ3v) is 11.8. The molecule has 5 aromatic heterocycles. The second-order valence-corrected chi connectivity index (χ2v) is 15.2. The number of anilines is 1. The zero-order valence-corrected chi connectivity index (χ0v) is 31.2. The number of hydrogen-bond donors (Lipinski definition) is 2. The maximum absolute atomic E-state index is 14.3. The van der Waals surface area contributed by atoms with Crippen LogP contribution in [0.15, 0.2) is 59.9 Å². The Hall–Kier alpha value is -6.24. The Morgan fingerprint density at radius 3 is 2.53 bits per heavy atom. The Labute approximate surface area is 323 Å². The van der Waals surface area contributed by atoms with Gasteiger partial charge in [0.2, 0.25) is 17.7 Å². The molecule has 19 heteroatoms. The summed E-state index contributed by atoms with van der Waals surface area (Å²) in [6, 6.07) is 8.40. The summed E-state index contributed by atoms with van der Waals surface area (Å²) in [5.74, 6) is -0.534. The Bertz CT molecular complexity index is 2590. The van der Waals surface area contributed by atoms with E-state index < -0.39 is 24.3 Å². The van der Waals surface area contributed by atoms with Crippen LogP contribution in [0.2, 0.25) is 0 Å². The second-order valence-electron chi connectivity index (χ2n) is 15.2. The average molecular weight is 782 g/mol. The van der Waals surface area contributed by atoms with Crippen molar-refractivity contribution in [1.82, 2.24) is 53.7 Å². The second kappa shape index (κ2) is 14.4. The number of aryl methyl sites for hydroxylation is 1. The largest absolute Gasteiger partial charge is 0.367 e. The molecular weight excluding hydrogens is 741 g/mol. The van der Waals surface area contributed by atoms with Crippen LogP contribution in [0.3, 0.4) is 0 Å². The maximum atomic E-state index is 14.3. The van der Waals surface area contributed by atoms with Crippen LogP contribution in [-0.4, -0.2) is 98.8 Å². The van der Waals surface area contributed by atoms with E-state index in [1.807, 2.05) is 18.2 Å². The first-order chi connectivity index (χ1) is 27.5. The first kappa shape index (κ1) is 36.4. The van der Waals surface area contributed by atoms with E-state index in [9.17, 15) is 28.0 Å². The number of para-hydroxylation sites is 1. The minimum Gasteiger partial charge on any atom is -0.367 e. The number of pyridine rings is 1. The van der Waals surface area contributed by atoms with Crippen LogP contribution < -0.4 is 21.6 Å². The number of benzene rings is 1. The molecule has 1 saturated carbocycles. The number of carbonyl (C=O) groups excluding carboxylic acids is 3. The van der Waals surface area contributed by atoms with E-state index in [1.165, 1.54) is 15.4 Å². The number of nitrogens with zero attached hydrogens (tertiary/aromatic N) is 11. The highest BCUT2D eigenvalue weighted by atomic mass is 19.3. The number of piperazine rings is 1. The van der Waals surface area contributed by atoms with Crippen molar-refractivity contribution in [1.29, 1.82) is 0 Å². The van der Waals surface area contributed by atoms with Gasteiger partial charge in [0.1, 0.15) is 17.4 Å². The molecule has 1 atom stereocenters. The lowest BCUT2D eigenvalue weighted by molar-refractivity contribution is -0.135. The molecule has 296 valence electrons. The van der Waals surface area contributed by atoms with E-state index in [2.05, 4.69) is 35.5 Å². The molecule has 2 aliphatic heterocycles. The molecule has 3 N–H and O–H groups in total. The Balaban J connectivity index is 0.832. The smallest absolute Gasteiger partial charge is 0.329 e. The van der Waals surface area contributed by atoms with E-state index in [0.29, 0.717) is 28.3 Å². The van der Waals surface area contributed by atoms with Crippen molar-refractivity contribution in [3.05, 3.63) is 76.9 Å². The lowest BCUT2D eigenvalue weighted by Crippen LogP contribution is -2.48. The van der Waals surface area contributed by atoms with Crippen molar-refractivity contribution in [2.24, 2.45) is 18.7 Å². The molecule has 1 aliphatic carbocycles. The standard InChI is InChI=1S/C38H41F2N13O4/c1-47-33-26(3-2-4-27(33)53(38(47)57)28-9-10-31(54)43-37(28)56)49-15-13-48(14-16-49)19-22-5-7-25(8-6-22)51-20-29(32(45-51)34(39)40)52-21-30(44-46-52)50-12-11-23-17-24(35(41)55)18-42-36(23)50/h2-4,11-12,17-18,20-22,25,28,34H,5-10,13-16,19H2,1H3,(H2,41,55)(H,43,54,56). The van der Waals surface area contributed by atoms with Crippen LogP contribution in [0.4, 0.5) is 14.5 Å². The maximum Gasteiger partial charge on any atom is 0.329 e. The van der Waals surface area contributed by atoms with Crippen LogP contribution in [0.5, 0.6) is 0 Å². The van der Waals surface area contributed by atoms with Gasteiger partial charge in [-0.25, -0.2) is 23.2 Å². The summed E-state index contributed by atoms with van der Waals surface area (Å²) in [7, 11) is 1.72. The van der Waals surface area contributed by atoms with Gasteiger partial charge in [-0.15, -0.1) is 5.10 Å². The number of nitrogens with two attached hydrogens (primary N) is 1. The van der Waals surface area contributed by atoms with Gasteiger partial charge in [-0.2, -0.15) is 5.10 Å². The normalized spacial score (nSPS) is 20.9. The number of hydrogen-bond acceptors (Lipinski definition) is 10. The molecule has 0 bridgehead atoms. The highest BCUT2D eigenvalue weighted by molar-refractivity contribution is 6.00. The van der Waals surface area contributed by atoms with Crippen molar-refractivity contribution in [2.45, 2.75) is 57.0 Å². The number of nitrogens with one attached hydrogen (secondary N) is 1. The highest BCUT2D eigenvalue weighted by Gasteiger charge is 2.33. The molecule has 17 nitrogen and oxygen atoms in total. The molecule has 57 heavy (non-hydrogen) atoms. The van der Waals surface area contributed by atoms with Gasteiger partial charge in [0, 0.05) is 64.0 Å². The summed E-state index contributed by atoms with van der Waals surface area (Å²) in [6.07, 6.45) is 7.43. The minimum atomic E-state index is -2.81. The molecule has 1 aromatic carbocycles. The highest BCUT2D eigenvalue weighted by Crippen LogP contribution is 2.36. The predicted molar refractivity (Wildman–Crippen MR) is 203 cm³/mol. The first-order valence-corrected chi connectivity index (χ1v) is 19.1. The van der Waals surface area contributed by atoms with Gasteiger partial charge in [0.15, 0.2) is 11.5 Å². The van der Waals surface area contributed by atoms with Gasteiger partial charge in [-0.05, 0) is 62.3 Å². The van der Waals surface area contributed by atoms with Crippen LogP contribution in [0.25, 0.3) is 33.6 Å². The Morgan fingerprint density at radius 1 is 1.00 bits per heavy atom. The summed E-state index contributed by atoms with van der Waals surface area (Å²) >= 11 is 0. The summed E-state index contributed by atoms with van der Waals surface area (Å²) in [4.78, 5) is 58.6. The van der Waals surface area contributed by atoms with Gasteiger partial charge < -0.3 is 10.6 Å². The van der Waals surface area contributed by atoms with Crippen molar-refractivity contribution in [3.63, 3.8) is 0 Å². The van der Waals surface area contributed by atoms with Crippen LogP contribution >= 0.6 is 0 Å². The first-order valence-electron chi connectivity index (χ1n) is 19.1. The number of primary amides is 1. The fraction of sp³-hybridized carbons (Fsp3) is 0.421. The average Bonchev–Trinajstić information content (AvgIpc) is 4.01. The molecule has 3 aliphatic rings. The number of imidazole rings is 1. The molecule has 7 heterocycles. The number of piperidine rings is 1. The molecule has 1 unspecified atom stereocenters. The van der Waals surface area contributed by atoms with E-state index in [4.69, 9.17) is 5.73 Å². The van der Waals surface area contributed by atoms with E-state index in [0.717, 1.165) is 69.6 Å². The van der Waals surface area contributed by atoms with Crippen LogP contribution in [0.1, 0.15) is 73.1 Å². The zero-order chi connectivity index (χ0) is 39.5. The van der Waals surface area contributed by atoms with Crippen molar-refractivity contribution >= 4 is 45.5 Å². The zero-order valence-electron chi connectivity index (χ0n) is 31.2. The third kappa shape index (κ3) is 6.54. The summed E-state index contributed by atoms with van der Waals surface area (Å²) in [6.45, 7) is 4.19. The number of imide groups is 1. The molecule has 0 radical (unpaired) electrons. The summed E-state index contributed by atoms with van der Waals surface area (Å²) in [5.41, 5.74) is 8.07. The number of rotatable bonds is 9. The molecular formula is C38H41F2N13O4. The van der Waals surface area contributed by atoms with E-state index in [-0.39, 0.29) is 47.4 Å². The number of alkyl halides is 2. The van der Waals surface area contributed by atoms with E-state index in [1.54, 1.807) is 51.6 Å². The molecule has 3 amide bonds. The van der Waals surface area contributed by atoms with E-state index >= 15 is 0 Å². The lowest BCUT2D eigenvalue weighted by atomic mass is 9.85. The molecule has 6 aromatic rings. The fourth-order valence-corrected chi connectivity index (χ4v) is 8.77. The Morgan fingerprint density at radius 2 is 1.79 bits per heavy atom. The van der Waals surface area contributed by atoms with Gasteiger partial charge in [-0.1, -0.05) is 11.3 Å². The lowest BCUT2D eigenvalue weighted by Gasteiger charge is -2.39. The molecule has 0 spiro atoms. The quantitative estimate of drug-likeness (QED) is 0.207. The topological polar surface area (TPSA) is 189 Å². The van der Waals surface area contributed by atoms with Crippen molar-refractivity contribution in [2.75, 3.05) is 37.6 Å². The van der Waals surface area contributed by atoms with Crippen LogP contribution in [-0.2, 0) is 16.6 Å². The summed E-state index contributed by atoms with van der Waals surface area (Å²) < 4.78 is 36.4. The van der Waals surface area contributed by atoms with Gasteiger partial charge >= 0.3 is 5.69 Å². The summed E-state index contributed by atoms with van der Waals surface area (Å²) in [5, 5.41) is 15.8. The SMILES string of the molecule is Cn1c(=O)n(C2CCC(=O)NC2=O)c2cccc(N3CCN(CC4CCC(n5cc(-n6cc(-n7ccc8cc(C(N)=O)cnc87)nn6)c(C(F)F)n5)CC4)CC3)c21. The predicted octanol–water partition coefficient (Wildman–Crippen LogP) is 3.02. The number of halogens is 2. The van der Waals surface area contributed by atoms with Gasteiger partial charge in [-0.3, -0.25) is 43.0 Å². The van der Waals surface area contributed by atoms with Gasteiger partial charge in [0.05, 0.1) is 40.7 Å². The van der Waals surface area contributed by atoms with Crippen molar-refractivity contribution in [3.8, 4) is 11.5 Å². The Kier molecular flexibility index (Phi) is 9.17. The minimum absolute atomic E-state index is 0.0241. The number of aromatic nitrogens is 9. The van der Waals surface area contributed by atoms with Crippen molar-refractivity contribution < 1.29 is 23.2 Å². The third-order valence-electron chi connectivity index (χ3n) is 11.8. The number of carbonyl (C=O) groups is 3. The molecule has 2 saturated heterocycles.